The Hall–Kier alpha value is -1.39. The van der Waals surface area contributed by atoms with Crippen molar-refractivity contribution in [2.24, 2.45) is 0 Å². The quantitative estimate of drug-likeness (QED) is 0.813. The first-order valence-electron chi connectivity index (χ1n) is 5.21. The second-order valence-electron chi connectivity index (χ2n) is 3.72. The van der Waals surface area contributed by atoms with Crippen molar-refractivity contribution in [2.75, 3.05) is 0 Å². The first-order chi connectivity index (χ1) is 8.58. The van der Waals surface area contributed by atoms with Gasteiger partial charge in [-0.1, -0.05) is 23.7 Å². The van der Waals surface area contributed by atoms with Crippen LogP contribution in [0.25, 0.3) is 0 Å². The molecule has 0 spiro atoms. The van der Waals surface area contributed by atoms with E-state index in [9.17, 15) is 9.59 Å². The van der Waals surface area contributed by atoms with E-state index in [1.54, 1.807) is 42.6 Å². The Morgan fingerprint density at radius 3 is 2.78 bits per heavy atom. The zero-order valence-electron chi connectivity index (χ0n) is 9.27. The predicted molar refractivity (Wildman–Crippen MR) is 74.2 cm³/mol. The third kappa shape index (κ3) is 2.89. The normalized spacial score (nSPS) is 10.3. The molecule has 1 heterocycles. The Bertz CT molecular complexity index is 651. The van der Waals surface area contributed by atoms with E-state index in [0.29, 0.717) is 15.1 Å². The molecule has 0 saturated carbocycles. The van der Waals surface area contributed by atoms with E-state index in [2.05, 4.69) is 15.9 Å². The van der Waals surface area contributed by atoms with Crippen LogP contribution in [0.2, 0.25) is 5.02 Å². The first-order valence-corrected chi connectivity index (χ1v) is 6.39. The first kappa shape index (κ1) is 13.1. The number of halogens is 2. The second kappa shape index (κ2) is 5.50. The van der Waals surface area contributed by atoms with Gasteiger partial charge in [-0.2, -0.15) is 0 Å². The highest BCUT2D eigenvalue weighted by Crippen LogP contribution is 2.11. The summed E-state index contributed by atoms with van der Waals surface area (Å²) in [6.07, 6.45) is 1.58. The lowest BCUT2D eigenvalue weighted by molar-refractivity contribution is 0.0971. The van der Waals surface area contributed by atoms with E-state index < -0.39 is 0 Å². The Labute approximate surface area is 117 Å². The van der Waals surface area contributed by atoms with E-state index in [1.165, 1.54) is 4.57 Å². The molecule has 0 fully saturated rings. The summed E-state index contributed by atoms with van der Waals surface area (Å²) in [7, 11) is 0. The number of carbonyl (C=O) groups excluding carboxylic acids is 1. The summed E-state index contributed by atoms with van der Waals surface area (Å²) in [6, 6.07) is 10.0. The molecule has 92 valence electrons. The number of Topliss-reactive ketones (excluding diaryl/α,β-unsaturated/α-hetero) is 1. The number of ketones is 1. The van der Waals surface area contributed by atoms with Crippen LogP contribution >= 0.6 is 27.5 Å². The Balaban J connectivity index is 2.27. The van der Waals surface area contributed by atoms with Crippen molar-refractivity contribution in [3.8, 4) is 0 Å². The van der Waals surface area contributed by atoms with Crippen LogP contribution in [0.15, 0.2) is 51.9 Å². The summed E-state index contributed by atoms with van der Waals surface area (Å²) in [6.45, 7) is -0.00137. The van der Waals surface area contributed by atoms with Gasteiger partial charge in [-0.3, -0.25) is 9.59 Å². The molecular formula is C13H9BrClNO2. The van der Waals surface area contributed by atoms with Crippen molar-refractivity contribution in [3.63, 3.8) is 0 Å². The second-order valence-corrected chi connectivity index (χ2v) is 5.01. The molecule has 2 aromatic rings. The Morgan fingerprint density at radius 2 is 2.06 bits per heavy atom. The molecule has 0 atom stereocenters. The fraction of sp³-hybridized carbons (Fsp3) is 0.0769. The largest absolute Gasteiger partial charge is 0.307 e. The molecule has 1 aromatic carbocycles. The fourth-order valence-corrected chi connectivity index (χ4v) is 2.11. The summed E-state index contributed by atoms with van der Waals surface area (Å²) in [5.41, 5.74) is 0.266. The van der Waals surface area contributed by atoms with Gasteiger partial charge in [0.2, 0.25) is 0 Å². The molecule has 0 amide bonds. The third-order valence-electron chi connectivity index (χ3n) is 2.43. The highest BCUT2D eigenvalue weighted by atomic mass is 79.9. The number of carbonyl (C=O) groups is 1. The standard InChI is InChI=1S/C13H9BrClNO2/c14-11-5-2-6-16(13(11)18)8-12(17)9-3-1-4-10(15)7-9/h1-7H,8H2. The van der Waals surface area contributed by atoms with Crippen molar-refractivity contribution < 1.29 is 4.79 Å². The number of pyridine rings is 1. The smallest absolute Gasteiger partial charge is 0.265 e. The van der Waals surface area contributed by atoms with Gasteiger partial charge >= 0.3 is 0 Å². The van der Waals surface area contributed by atoms with Gasteiger partial charge in [0.15, 0.2) is 5.78 Å². The van der Waals surface area contributed by atoms with Gasteiger partial charge in [-0.05, 0) is 40.2 Å². The Kier molecular flexibility index (Phi) is 3.99. The minimum Gasteiger partial charge on any atom is -0.307 e. The van der Waals surface area contributed by atoms with E-state index in [1.807, 2.05) is 0 Å². The van der Waals surface area contributed by atoms with Gasteiger partial charge in [0.25, 0.3) is 5.56 Å². The van der Waals surface area contributed by atoms with Gasteiger partial charge < -0.3 is 4.57 Å². The van der Waals surface area contributed by atoms with Gasteiger partial charge in [0.1, 0.15) is 0 Å². The van der Waals surface area contributed by atoms with Crippen LogP contribution in [-0.2, 0) is 6.54 Å². The minimum atomic E-state index is -0.229. The minimum absolute atomic E-state index is 0.00137. The average molecular weight is 327 g/mol. The molecule has 18 heavy (non-hydrogen) atoms. The van der Waals surface area contributed by atoms with Crippen LogP contribution in [0.5, 0.6) is 0 Å². The maximum Gasteiger partial charge on any atom is 0.265 e. The van der Waals surface area contributed by atoms with Crippen molar-refractivity contribution in [2.45, 2.75) is 6.54 Å². The number of rotatable bonds is 3. The molecule has 5 heteroatoms. The molecule has 3 nitrogen and oxygen atoms in total. The molecule has 0 aliphatic heterocycles. The van der Waals surface area contributed by atoms with E-state index in [4.69, 9.17) is 11.6 Å². The van der Waals surface area contributed by atoms with Crippen LogP contribution in [0.1, 0.15) is 10.4 Å². The number of benzene rings is 1. The maximum absolute atomic E-state index is 12.0. The van der Waals surface area contributed by atoms with Crippen LogP contribution < -0.4 is 5.56 Å². The van der Waals surface area contributed by atoms with Crippen molar-refractivity contribution in [1.82, 2.24) is 4.57 Å². The summed E-state index contributed by atoms with van der Waals surface area (Å²) in [5.74, 6) is -0.155. The topological polar surface area (TPSA) is 39.1 Å². The molecule has 0 aliphatic rings. The molecule has 2 rings (SSSR count). The van der Waals surface area contributed by atoms with E-state index in [-0.39, 0.29) is 17.9 Å². The summed E-state index contributed by atoms with van der Waals surface area (Å²) in [5, 5.41) is 0.502. The number of aromatic nitrogens is 1. The van der Waals surface area contributed by atoms with E-state index in [0.717, 1.165) is 0 Å². The monoisotopic (exact) mass is 325 g/mol. The van der Waals surface area contributed by atoms with Gasteiger partial charge in [-0.25, -0.2) is 0 Å². The Morgan fingerprint density at radius 1 is 1.28 bits per heavy atom. The summed E-state index contributed by atoms with van der Waals surface area (Å²) >= 11 is 8.96. The lowest BCUT2D eigenvalue weighted by atomic mass is 10.1. The zero-order valence-corrected chi connectivity index (χ0v) is 11.6. The zero-order chi connectivity index (χ0) is 13.1. The molecule has 1 aromatic heterocycles. The molecule has 0 saturated heterocycles. The number of nitrogens with zero attached hydrogens (tertiary/aromatic N) is 1. The average Bonchev–Trinajstić information content (AvgIpc) is 2.35. The van der Waals surface area contributed by atoms with E-state index >= 15 is 0 Å². The van der Waals surface area contributed by atoms with Crippen molar-refractivity contribution >= 4 is 33.3 Å². The lowest BCUT2D eigenvalue weighted by Crippen LogP contribution is -2.23. The predicted octanol–water partition coefficient (Wildman–Crippen LogP) is 3.15. The summed E-state index contributed by atoms with van der Waals surface area (Å²) < 4.78 is 1.79. The number of hydrogen-bond donors (Lipinski definition) is 0. The van der Waals surface area contributed by atoms with Crippen LogP contribution in [-0.4, -0.2) is 10.4 Å². The SMILES string of the molecule is O=C(Cn1cccc(Br)c1=O)c1cccc(Cl)c1. The molecule has 0 unspecified atom stereocenters. The fourth-order valence-electron chi connectivity index (χ4n) is 1.54. The van der Waals surface area contributed by atoms with Gasteiger partial charge in [-0.15, -0.1) is 0 Å². The van der Waals surface area contributed by atoms with Crippen LogP contribution in [0.3, 0.4) is 0 Å². The third-order valence-corrected chi connectivity index (χ3v) is 3.27. The van der Waals surface area contributed by atoms with Gasteiger partial charge in [0, 0.05) is 16.8 Å². The van der Waals surface area contributed by atoms with Crippen molar-refractivity contribution in [3.05, 3.63) is 68.0 Å². The number of hydrogen-bond acceptors (Lipinski definition) is 2. The molecule has 0 N–H and O–H groups in total. The van der Waals surface area contributed by atoms with Crippen LogP contribution in [0, 0.1) is 0 Å². The highest BCUT2D eigenvalue weighted by molar-refractivity contribution is 9.10. The lowest BCUT2D eigenvalue weighted by Gasteiger charge is -2.05. The summed E-state index contributed by atoms with van der Waals surface area (Å²) in [4.78, 5) is 23.7. The highest BCUT2D eigenvalue weighted by Gasteiger charge is 2.09. The van der Waals surface area contributed by atoms with Gasteiger partial charge in [0.05, 0.1) is 11.0 Å². The molecule has 0 radical (unpaired) electrons. The molecule has 0 bridgehead atoms. The maximum atomic E-state index is 12.0. The van der Waals surface area contributed by atoms with Crippen molar-refractivity contribution in [1.29, 1.82) is 0 Å². The van der Waals surface area contributed by atoms with Crippen LogP contribution in [0.4, 0.5) is 0 Å². The molecular weight excluding hydrogens is 318 g/mol. The molecule has 0 aliphatic carbocycles.